The molecular formula is C42H72BNa2O9S2-. The minimum Gasteiger partial charge on any atom is -1.00 e. The fourth-order valence-corrected chi connectivity index (χ4v) is 4.31. The molecule has 0 saturated heterocycles. The largest absolute Gasteiger partial charge is 1.00 e. The Balaban J connectivity index is -0.0000000978. The Morgan fingerprint density at radius 1 is 0.661 bits per heavy atom. The number of hydrogen-bond acceptors (Lipinski definition) is 9. The normalized spacial score (nSPS) is 12.7. The minimum absolute atomic E-state index is 0. The monoisotopic (exact) mass is 841 g/mol. The SMILES string of the molecule is CC(C)=CCC/C(C)=C/C/C=C(\C)C(O)S(=O)(=O)[O-].CC(C)=CCC/C(C)=C/C/C=C(\C)C=O.CC(C)=CCC/C(C)=C/C=C/C(C)C=O.O=S(=O)=O.[BH4-].[H-].[Na+].[Na+]. The third-order valence-electron chi connectivity index (χ3n) is 6.94. The van der Waals surface area contributed by atoms with Gasteiger partial charge in [0.1, 0.15) is 22.7 Å². The molecule has 0 heterocycles. The van der Waals surface area contributed by atoms with Crippen molar-refractivity contribution in [2.45, 2.75) is 140 Å². The zero-order valence-corrected chi connectivity index (χ0v) is 41.9. The molecule has 0 fully saturated rings. The number of hydrogen-bond donors (Lipinski definition) is 1. The van der Waals surface area contributed by atoms with Crippen LogP contribution >= 0.6 is 0 Å². The van der Waals surface area contributed by atoms with Crippen LogP contribution in [-0.4, -0.2) is 57.1 Å². The second-order valence-electron chi connectivity index (χ2n) is 13.5. The topological polar surface area (TPSA) is 163 Å². The summed E-state index contributed by atoms with van der Waals surface area (Å²) >= 11 is 0. The van der Waals surface area contributed by atoms with E-state index in [-0.39, 0.29) is 80.4 Å². The molecule has 0 aliphatic rings. The summed E-state index contributed by atoms with van der Waals surface area (Å²) < 4.78 is 57.2. The van der Waals surface area contributed by atoms with Gasteiger partial charge in [0.2, 0.25) is 0 Å². The number of carbonyl (C=O) groups excluding carboxylic acids is 2. The minimum atomic E-state index is -4.67. The van der Waals surface area contributed by atoms with Gasteiger partial charge in [0, 0.05) is 5.92 Å². The first-order valence-corrected chi connectivity index (χ1v) is 20.2. The van der Waals surface area contributed by atoms with E-state index in [0.717, 1.165) is 63.1 Å². The maximum Gasteiger partial charge on any atom is 1.00 e. The van der Waals surface area contributed by atoms with Crippen molar-refractivity contribution in [3.05, 3.63) is 105 Å². The molecule has 0 aliphatic heterocycles. The van der Waals surface area contributed by atoms with Gasteiger partial charge >= 0.3 is 69.7 Å². The van der Waals surface area contributed by atoms with E-state index in [0.29, 0.717) is 6.42 Å². The second-order valence-corrected chi connectivity index (χ2v) is 15.3. The van der Waals surface area contributed by atoms with Crippen LogP contribution in [0.4, 0.5) is 0 Å². The van der Waals surface area contributed by atoms with Crippen molar-refractivity contribution in [3.63, 3.8) is 0 Å². The maximum atomic E-state index is 10.6. The number of allylic oxidation sites excluding steroid dienone is 17. The molecule has 0 radical (unpaired) electrons. The Hall–Kier alpha value is -1.45. The van der Waals surface area contributed by atoms with Gasteiger partial charge in [0.05, 0.1) is 0 Å². The van der Waals surface area contributed by atoms with E-state index < -0.39 is 26.2 Å². The number of aliphatic hydroxyl groups excluding tert-OH is 1. The zero-order valence-electron chi connectivity index (χ0n) is 37.3. The van der Waals surface area contributed by atoms with Crippen LogP contribution in [0, 0.1) is 5.92 Å². The first-order chi connectivity index (χ1) is 24.5. The average Bonchev–Trinajstić information content (AvgIpc) is 3.03. The molecule has 56 heavy (non-hydrogen) atoms. The second kappa shape index (κ2) is 44.7. The quantitative estimate of drug-likeness (QED) is 0.0515. The van der Waals surface area contributed by atoms with Crippen LogP contribution in [0.1, 0.15) is 136 Å². The molecule has 0 saturated carbocycles. The molecule has 0 aliphatic carbocycles. The van der Waals surface area contributed by atoms with Gasteiger partial charge in [-0.25, -0.2) is 8.42 Å². The van der Waals surface area contributed by atoms with E-state index in [1.54, 1.807) is 6.08 Å². The van der Waals surface area contributed by atoms with Crippen LogP contribution in [0.5, 0.6) is 0 Å². The van der Waals surface area contributed by atoms with Gasteiger partial charge in [-0.05, 0) is 139 Å². The van der Waals surface area contributed by atoms with Gasteiger partial charge in [-0.2, -0.15) is 0 Å². The summed E-state index contributed by atoms with van der Waals surface area (Å²) in [4.78, 5) is 20.7. The molecule has 0 rings (SSSR count). The van der Waals surface area contributed by atoms with E-state index in [9.17, 15) is 27.7 Å². The Labute approximate surface area is 390 Å². The summed E-state index contributed by atoms with van der Waals surface area (Å²) in [7, 11) is -7.78. The van der Waals surface area contributed by atoms with Crippen molar-refractivity contribution in [2.24, 2.45) is 5.92 Å². The van der Waals surface area contributed by atoms with E-state index in [1.165, 1.54) is 40.4 Å². The summed E-state index contributed by atoms with van der Waals surface area (Å²) in [6.07, 6.45) is 29.8. The van der Waals surface area contributed by atoms with E-state index in [1.807, 2.05) is 45.1 Å². The van der Waals surface area contributed by atoms with Gasteiger partial charge in [0.25, 0.3) is 0 Å². The summed E-state index contributed by atoms with van der Waals surface area (Å²) in [6.45, 7) is 24.0. The number of carbonyl (C=O) groups is 2. The maximum absolute atomic E-state index is 10.6. The number of aliphatic hydroxyl groups is 1. The molecule has 2 unspecified atom stereocenters. The van der Waals surface area contributed by atoms with Crippen LogP contribution in [0.25, 0.3) is 0 Å². The molecule has 14 heteroatoms. The van der Waals surface area contributed by atoms with Crippen LogP contribution in [0.3, 0.4) is 0 Å². The van der Waals surface area contributed by atoms with Gasteiger partial charge in [-0.15, -0.1) is 12.6 Å². The van der Waals surface area contributed by atoms with Crippen molar-refractivity contribution in [2.75, 3.05) is 0 Å². The predicted molar refractivity (Wildman–Crippen MR) is 232 cm³/mol. The summed E-state index contributed by atoms with van der Waals surface area (Å²) in [6, 6.07) is 0. The Bertz CT molecular complexity index is 1570. The molecule has 2 atom stereocenters. The summed E-state index contributed by atoms with van der Waals surface area (Å²) in [5.41, 5.74) is 7.00. The van der Waals surface area contributed by atoms with Crippen LogP contribution < -0.4 is 59.1 Å². The summed E-state index contributed by atoms with van der Waals surface area (Å²) in [5.74, 6) is 0.0202. The van der Waals surface area contributed by atoms with Gasteiger partial charge in [0.15, 0.2) is 5.44 Å². The van der Waals surface area contributed by atoms with Crippen molar-refractivity contribution in [1.82, 2.24) is 0 Å². The molecule has 0 aromatic carbocycles. The molecule has 312 valence electrons. The molecular weight excluding hydrogens is 769 g/mol. The van der Waals surface area contributed by atoms with Crippen molar-refractivity contribution in [1.29, 1.82) is 0 Å². The third kappa shape index (κ3) is 59.2. The van der Waals surface area contributed by atoms with E-state index in [4.69, 9.17) is 12.6 Å². The van der Waals surface area contributed by atoms with E-state index >= 15 is 0 Å². The van der Waals surface area contributed by atoms with Crippen LogP contribution in [0.2, 0.25) is 0 Å². The molecule has 0 amide bonds. The van der Waals surface area contributed by atoms with Crippen molar-refractivity contribution < 1.29 is 101 Å². The van der Waals surface area contributed by atoms with Crippen LogP contribution in [-0.2, 0) is 30.3 Å². The molecule has 0 bridgehead atoms. The standard InChI is InChI=1S/C14H24O4S.2C14H22O.BH4.2Na.O3S.H/c1-11(2)7-5-8-12(3)9-6-10-13(4)14(15)19(16,17)18;2*1-12(2)7-5-8-13(3)9-6-10-14(4)11-15;;;;1-4(2)3;/h7,9-10,14-15H,5-6,8H2,1-4H3,(H,16,17,18);7,9-11H,5-6,8H2,1-4H3;6-7,9-11,14H,5,8H2,1-4H3;1H4;;;;/q;;;-1;2*+1;;-1/p-1/b12-9+,13-10+;13-9+,14-10+;10-6+,13-9+;;;;;. The fraction of sp³-hybridized carbons (Fsp3) is 0.524. The van der Waals surface area contributed by atoms with Crippen LogP contribution in [0.15, 0.2) is 105 Å². The molecule has 1 N–H and O–H groups in total. The van der Waals surface area contributed by atoms with E-state index in [2.05, 4.69) is 85.8 Å². The van der Waals surface area contributed by atoms with Gasteiger partial charge in [-0.3, -0.25) is 4.79 Å². The van der Waals surface area contributed by atoms with Crippen molar-refractivity contribution in [3.8, 4) is 0 Å². The predicted octanol–water partition coefficient (Wildman–Crippen LogP) is 2.83. The first kappa shape index (κ1) is 69.2. The molecule has 0 spiro atoms. The smallest absolute Gasteiger partial charge is 1.00 e. The first-order valence-electron chi connectivity index (χ1n) is 17.7. The third-order valence-corrected chi connectivity index (χ3v) is 7.86. The number of rotatable bonds is 19. The summed E-state index contributed by atoms with van der Waals surface area (Å²) in [5, 5.41) is 9.22. The Kier molecular flexibility index (Phi) is 55.2. The average molecular weight is 842 g/mol. The fourth-order valence-electron chi connectivity index (χ4n) is 3.76. The zero-order chi connectivity index (χ0) is 42.0. The van der Waals surface area contributed by atoms with Crippen molar-refractivity contribution >= 4 is 41.7 Å². The van der Waals surface area contributed by atoms with Gasteiger partial charge in [-0.1, -0.05) is 110 Å². The number of aldehydes is 2. The Morgan fingerprint density at radius 2 is 1.02 bits per heavy atom. The Morgan fingerprint density at radius 3 is 1.34 bits per heavy atom. The molecule has 0 aromatic heterocycles. The van der Waals surface area contributed by atoms with Gasteiger partial charge < -0.3 is 15.9 Å². The molecule has 9 nitrogen and oxygen atoms in total. The molecule has 0 aromatic rings.